The van der Waals surface area contributed by atoms with Crippen LogP contribution in [0.25, 0.3) is 0 Å². The first-order chi connectivity index (χ1) is 17.7. The molecule has 3 rings (SSSR count). The smallest absolute Gasteiger partial charge is 0.264 e. The molecule has 0 bridgehead atoms. The zero-order valence-electron chi connectivity index (χ0n) is 21.8. The third-order valence-electron chi connectivity index (χ3n) is 6.43. The molecular weight excluding hydrogens is 486 g/mol. The summed E-state index contributed by atoms with van der Waals surface area (Å²) in [6.45, 7) is 5.32. The minimum atomic E-state index is -4.07. The van der Waals surface area contributed by atoms with Crippen molar-refractivity contribution in [3.05, 3.63) is 95.6 Å². The van der Waals surface area contributed by atoms with Crippen LogP contribution in [0.1, 0.15) is 30.5 Å². The van der Waals surface area contributed by atoms with Gasteiger partial charge in [0.2, 0.25) is 11.8 Å². The van der Waals surface area contributed by atoms with Crippen LogP contribution in [-0.2, 0) is 32.5 Å². The Balaban J connectivity index is 2.01. The van der Waals surface area contributed by atoms with Crippen molar-refractivity contribution in [2.45, 2.75) is 44.6 Å². The van der Waals surface area contributed by atoms with E-state index >= 15 is 0 Å². The van der Waals surface area contributed by atoms with E-state index in [1.807, 2.05) is 56.3 Å². The van der Waals surface area contributed by atoms with E-state index in [2.05, 4.69) is 5.32 Å². The number of aryl methyl sites for hydroxylation is 2. The van der Waals surface area contributed by atoms with E-state index in [1.165, 1.54) is 16.3 Å². The number of para-hydroxylation sites is 1. The van der Waals surface area contributed by atoms with Crippen molar-refractivity contribution < 1.29 is 18.0 Å². The number of likely N-dealkylation sites (N-methyl/N-ethyl adjacent to an activating group) is 1. The monoisotopic (exact) mass is 521 g/mol. The number of sulfonamides is 1. The normalized spacial score (nSPS) is 12.0. The maximum atomic E-state index is 13.9. The average molecular weight is 522 g/mol. The number of hydrogen-bond donors (Lipinski definition) is 1. The molecule has 2 amide bonds. The molecule has 0 heterocycles. The molecule has 1 N–H and O–H groups in total. The summed E-state index contributed by atoms with van der Waals surface area (Å²) in [5.41, 5.74) is 3.21. The SMILES string of the molecule is CCc1ccccc1N(CC(=O)N(CCc1ccccc1)[C@H](C)C(=O)NC)S(=O)(=O)c1ccc(C)cc1. The molecule has 196 valence electrons. The van der Waals surface area contributed by atoms with Crippen LogP contribution in [-0.4, -0.2) is 51.3 Å². The molecule has 0 fully saturated rings. The number of nitrogens with zero attached hydrogens (tertiary/aromatic N) is 2. The second kappa shape index (κ2) is 12.5. The van der Waals surface area contributed by atoms with Gasteiger partial charge in [0, 0.05) is 13.6 Å². The van der Waals surface area contributed by atoms with E-state index in [9.17, 15) is 18.0 Å². The summed E-state index contributed by atoms with van der Waals surface area (Å²) in [7, 11) is -2.55. The number of benzene rings is 3. The van der Waals surface area contributed by atoms with Crippen LogP contribution >= 0.6 is 0 Å². The lowest BCUT2D eigenvalue weighted by molar-refractivity contribution is -0.138. The first-order valence-corrected chi connectivity index (χ1v) is 13.8. The first-order valence-electron chi connectivity index (χ1n) is 12.4. The average Bonchev–Trinajstić information content (AvgIpc) is 2.91. The maximum absolute atomic E-state index is 13.9. The van der Waals surface area contributed by atoms with E-state index in [-0.39, 0.29) is 17.3 Å². The van der Waals surface area contributed by atoms with Crippen molar-refractivity contribution in [1.82, 2.24) is 10.2 Å². The van der Waals surface area contributed by atoms with Crippen LogP contribution in [0.3, 0.4) is 0 Å². The van der Waals surface area contributed by atoms with Crippen LogP contribution in [0.4, 0.5) is 5.69 Å². The van der Waals surface area contributed by atoms with Crippen molar-refractivity contribution in [3.8, 4) is 0 Å². The van der Waals surface area contributed by atoms with Crippen molar-refractivity contribution >= 4 is 27.5 Å². The number of carbonyl (C=O) groups is 2. The van der Waals surface area contributed by atoms with Gasteiger partial charge >= 0.3 is 0 Å². The number of carbonyl (C=O) groups excluding carboxylic acids is 2. The molecule has 0 saturated carbocycles. The Morgan fingerprint density at radius 1 is 0.919 bits per heavy atom. The molecule has 0 unspecified atom stereocenters. The molecule has 7 nitrogen and oxygen atoms in total. The molecule has 0 aliphatic rings. The summed E-state index contributed by atoms with van der Waals surface area (Å²) >= 11 is 0. The quantitative estimate of drug-likeness (QED) is 0.414. The Morgan fingerprint density at radius 2 is 1.54 bits per heavy atom. The lowest BCUT2D eigenvalue weighted by Crippen LogP contribution is -2.51. The molecule has 37 heavy (non-hydrogen) atoms. The van der Waals surface area contributed by atoms with Crippen molar-refractivity contribution in [2.75, 3.05) is 24.4 Å². The van der Waals surface area contributed by atoms with E-state index in [0.29, 0.717) is 18.5 Å². The molecule has 0 saturated heterocycles. The second-order valence-electron chi connectivity index (χ2n) is 8.92. The zero-order valence-corrected chi connectivity index (χ0v) is 22.7. The van der Waals surface area contributed by atoms with Gasteiger partial charge in [0.25, 0.3) is 10.0 Å². The highest BCUT2D eigenvalue weighted by Gasteiger charge is 2.32. The third-order valence-corrected chi connectivity index (χ3v) is 8.20. The van der Waals surface area contributed by atoms with Gasteiger partial charge in [-0.05, 0) is 56.0 Å². The Bertz CT molecular complexity index is 1310. The predicted octanol–water partition coefficient (Wildman–Crippen LogP) is 3.96. The minimum Gasteiger partial charge on any atom is -0.357 e. The van der Waals surface area contributed by atoms with E-state index < -0.39 is 28.5 Å². The molecule has 0 spiro atoms. The summed E-state index contributed by atoms with van der Waals surface area (Å²) in [5.74, 6) is -0.767. The zero-order chi connectivity index (χ0) is 27.0. The summed E-state index contributed by atoms with van der Waals surface area (Å²) < 4.78 is 28.9. The molecule has 3 aromatic carbocycles. The highest BCUT2D eigenvalue weighted by molar-refractivity contribution is 7.92. The Morgan fingerprint density at radius 3 is 2.16 bits per heavy atom. The molecular formula is C29H35N3O4S. The molecule has 0 radical (unpaired) electrons. The van der Waals surface area contributed by atoms with E-state index in [4.69, 9.17) is 0 Å². The fourth-order valence-corrected chi connectivity index (χ4v) is 5.63. The molecule has 0 aliphatic heterocycles. The van der Waals surface area contributed by atoms with Gasteiger partial charge in [-0.2, -0.15) is 0 Å². The number of amides is 2. The van der Waals surface area contributed by atoms with Gasteiger partial charge in [-0.3, -0.25) is 13.9 Å². The number of hydrogen-bond acceptors (Lipinski definition) is 4. The van der Waals surface area contributed by atoms with Gasteiger partial charge < -0.3 is 10.2 Å². The van der Waals surface area contributed by atoms with Crippen molar-refractivity contribution in [2.24, 2.45) is 0 Å². The second-order valence-corrected chi connectivity index (χ2v) is 10.8. The Hall–Kier alpha value is -3.65. The fourth-order valence-electron chi connectivity index (χ4n) is 4.18. The van der Waals surface area contributed by atoms with E-state index in [1.54, 1.807) is 43.3 Å². The topological polar surface area (TPSA) is 86.8 Å². The Labute approximate surface area is 220 Å². The lowest BCUT2D eigenvalue weighted by atomic mass is 10.1. The van der Waals surface area contributed by atoms with Gasteiger partial charge in [-0.1, -0.05) is 73.2 Å². The van der Waals surface area contributed by atoms with Gasteiger partial charge in [-0.15, -0.1) is 0 Å². The summed E-state index contributed by atoms with van der Waals surface area (Å²) in [4.78, 5) is 27.9. The van der Waals surface area contributed by atoms with Gasteiger partial charge in [0.1, 0.15) is 12.6 Å². The molecule has 0 aromatic heterocycles. The third kappa shape index (κ3) is 6.77. The van der Waals surface area contributed by atoms with E-state index in [0.717, 1.165) is 16.7 Å². The minimum absolute atomic E-state index is 0.104. The number of anilines is 1. The number of rotatable bonds is 11. The highest BCUT2D eigenvalue weighted by atomic mass is 32.2. The number of nitrogens with one attached hydrogen (secondary N) is 1. The maximum Gasteiger partial charge on any atom is 0.264 e. The molecule has 0 aliphatic carbocycles. The fraction of sp³-hybridized carbons (Fsp3) is 0.310. The lowest BCUT2D eigenvalue weighted by Gasteiger charge is -2.32. The van der Waals surface area contributed by atoms with Crippen molar-refractivity contribution in [1.29, 1.82) is 0 Å². The largest absolute Gasteiger partial charge is 0.357 e. The molecule has 1 atom stereocenters. The predicted molar refractivity (Wildman–Crippen MR) is 147 cm³/mol. The van der Waals surface area contributed by atoms with Crippen molar-refractivity contribution in [3.63, 3.8) is 0 Å². The highest BCUT2D eigenvalue weighted by Crippen LogP contribution is 2.28. The van der Waals surface area contributed by atoms with Crippen LogP contribution in [0, 0.1) is 6.92 Å². The standard InChI is InChI=1S/C29H35N3O4S/c1-5-25-13-9-10-14-27(25)32(37(35,36)26-17-15-22(2)16-18-26)21-28(33)31(23(3)29(34)30-4)20-19-24-11-7-6-8-12-24/h6-18,23H,5,19-21H2,1-4H3,(H,30,34)/t23-/m1/s1. The molecule has 8 heteroatoms. The summed E-state index contributed by atoms with van der Waals surface area (Å²) in [5, 5.41) is 2.60. The van der Waals surface area contributed by atoms with Gasteiger partial charge in [-0.25, -0.2) is 8.42 Å². The van der Waals surface area contributed by atoms with Gasteiger partial charge in [0.15, 0.2) is 0 Å². The van der Waals surface area contributed by atoms with Crippen LogP contribution in [0.15, 0.2) is 83.8 Å². The summed E-state index contributed by atoms with van der Waals surface area (Å²) in [6, 6.07) is 22.7. The molecule has 3 aromatic rings. The Kier molecular flexibility index (Phi) is 9.47. The summed E-state index contributed by atoms with van der Waals surface area (Å²) in [6.07, 6.45) is 1.13. The van der Waals surface area contributed by atoms with Crippen LogP contribution < -0.4 is 9.62 Å². The van der Waals surface area contributed by atoms with Crippen LogP contribution in [0.5, 0.6) is 0 Å². The van der Waals surface area contributed by atoms with Crippen LogP contribution in [0.2, 0.25) is 0 Å². The van der Waals surface area contributed by atoms with Gasteiger partial charge in [0.05, 0.1) is 10.6 Å². The first kappa shape index (κ1) is 27.9.